The molecule has 2 fully saturated rings. The summed E-state index contributed by atoms with van der Waals surface area (Å²) in [6.07, 6.45) is 3.02. The largest absolute Gasteiger partial charge is 0.465 e. The molecule has 2 saturated heterocycles. The summed E-state index contributed by atoms with van der Waals surface area (Å²) in [7, 11) is 0. The van der Waals surface area contributed by atoms with Gasteiger partial charge in [0.1, 0.15) is 6.04 Å². The highest BCUT2D eigenvalue weighted by molar-refractivity contribution is 5.75. The average Bonchev–Trinajstić information content (AvgIpc) is 2.46. The van der Waals surface area contributed by atoms with Crippen molar-refractivity contribution < 1.29 is 14.3 Å². The molecule has 5 nitrogen and oxygen atoms in total. The third-order valence-corrected chi connectivity index (χ3v) is 4.84. The highest BCUT2D eigenvalue weighted by Crippen LogP contribution is 2.22. The van der Waals surface area contributed by atoms with Gasteiger partial charge in [-0.05, 0) is 59.5 Å². The molecule has 0 amide bonds. The number of carbonyl (C=O) groups excluding carboxylic acids is 1. The summed E-state index contributed by atoms with van der Waals surface area (Å²) in [4.78, 5) is 16.6. The molecule has 0 bridgehead atoms. The van der Waals surface area contributed by atoms with Gasteiger partial charge < -0.3 is 9.47 Å². The minimum atomic E-state index is -0.107. The van der Waals surface area contributed by atoms with Gasteiger partial charge in [0.15, 0.2) is 0 Å². The van der Waals surface area contributed by atoms with Gasteiger partial charge in [-0.1, -0.05) is 0 Å². The molecule has 2 aliphatic rings. The highest BCUT2D eigenvalue weighted by atomic mass is 16.5. The molecule has 3 atom stereocenters. The number of esters is 1. The van der Waals surface area contributed by atoms with Gasteiger partial charge >= 0.3 is 5.97 Å². The lowest BCUT2D eigenvalue weighted by Crippen LogP contribution is -2.49. The third-order valence-electron chi connectivity index (χ3n) is 4.84. The first-order valence-corrected chi connectivity index (χ1v) is 8.78. The number of hydrogen-bond donors (Lipinski definition) is 0. The zero-order valence-corrected chi connectivity index (χ0v) is 14.6. The molecule has 0 saturated carbocycles. The Morgan fingerprint density at radius 3 is 2.36 bits per heavy atom. The van der Waals surface area contributed by atoms with E-state index < -0.39 is 0 Å². The van der Waals surface area contributed by atoms with Crippen LogP contribution in [0.3, 0.4) is 0 Å². The van der Waals surface area contributed by atoms with Crippen LogP contribution >= 0.6 is 0 Å². The Kier molecular flexibility index (Phi) is 6.66. The minimum Gasteiger partial charge on any atom is -0.465 e. The first kappa shape index (κ1) is 17.7. The molecule has 0 radical (unpaired) electrons. The molecular formula is C17H32N2O3. The van der Waals surface area contributed by atoms with Crippen molar-refractivity contribution in [2.45, 2.75) is 58.8 Å². The maximum Gasteiger partial charge on any atom is 0.323 e. The van der Waals surface area contributed by atoms with Crippen LogP contribution in [-0.4, -0.2) is 73.3 Å². The number of hydrogen-bond acceptors (Lipinski definition) is 5. The lowest BCUT2D eigenvalue weighted by atomic mass is 9.94. The summed E-state index contributed by atoms with van der Waals surface area (Å²) in [5.74, 6) is 0.653. The van der Waals surface area contributed by atoms with Crippen LogP contribution in [0, 0.1) is 5.92 Å². The molecule has 0 N–H and O–H groups in total. The van der Waals surface area contributed by atoms with Gasteiger partial charge in [-0.25, -0.2) is 0 Å². The van der Waals surface area contributed by atoms with Crippen LogP contribution in [-0.2, 0) is 14.3 Å². The molecule has 2 heterocycles. The molecule has 2 aliphatic heterocycles. The van der Waals surface area contributed by atoms with Crippen molar-refractivity contribution in [1.29, 1.82) is 0 Å². The Morgan fingerprint density at radius 2 is 1.82 bits per heavy atom. The summed E-state index contributed by atoms with van der Waals surface area (Å²) >= 11 is 0. The highest BCUT2D eigenvalue weighted by Gasteiger charge is 2.30. The van der Waals surface area contributed by atoms with E-state index in [-0.39, 0.29) is 12.0 Å². The smallest absolute Gasteiger partial charge is 0.323 e. The Morgan fingerprint density at radius 1 is 1.23 bits per heavy atom. The zero-order valence-electron chi connectivity index (χ0n) is 14.6. The van der Waals surface area contributed by atoms with Crippen LogP contribution in [0.2, 0.25) is 0 Å². The van der Waals surface area contributed by atoms with Gasteiger partial charge in [-0.15, -0.1) is 0 Å². The molecule has 0 aromatic heterocycles. The van der Waals surface area contributed by atoms with E-state index in [1.807, 2.05) is 13.8 Å². The van der Waals surface area contributed by atoms with Crippen LogP contribution in [0.4, 0.5) is 0 Å². The maximum atomic E-state index is 11.8. The number of rotatable bonds is 5. The van der Waals surface area contributed by atoms with E-state index >= 15 is 0 Å². The minimum absolute atomic E-state index is 0.0863. The predicted molar refractivity (Wildman–Crippen MR) is 86.8 cm³/mol. The van der Waals surface area contributed by atoms with Gasteiger partial charge in [0.25, 0.3) is 0 Å². The number of likely N-dealkylation sites (tertiary alicyclic amines) is 1. The molecule has 22 heavy (non-hydrogen) atoms. The average molecular weight is 312 g/mol. The summed E-state index contributed by atoms with van der Waals surface area (Å²) in [5, 5.41) is 0. The normalized spacial score (nSPS) is 30.2. The number of piperidine rings is 1. The first-order valence-electron chi connectivity index (χ1n) is 8.78. The Bertz CT molecular complexity index is 346. The van der Waals surface area contributed by atoms with Crippen molar-refractivity contribution in [1.82, 2.24) is 9.80 Å². The fourth-order valence-electron chi connectivity index (χ4n) is 3.73. The second kappa shape index (κ2) is 8.27. The monoisotopic (exact) mass is 312 g/mol. The molecule has 0 spiro atoms. The molecule has 5 heteroatoms. The molecule has 128 valence electrons. The summed E-state index contributed by atoms with van der Waals surface area (Å²) in [5.41, 5.74) is 0. The van der Waals surface area contributed by atoms with E-state index in [4.69, 9.17) is 9.47 Å². The molecule has 0 unspecified atom stereocenters. The second-order valence-electron chi connectivity index (χ2n) is 6.88. The maximum absolute atomic E-state index is 11.8. The third kappa shape index (κ3) is 4.93. The van der Waals surface area contributed by atoms with Gasteiger partial charge in [-0.2, -0.15) is 0 Å². The fourth-order valence-corrected chi connectivity index (χ4v) is 3.73. The lowest BCUT2D eigenvalue weighted by molar-refractivity contribution is -0.149. The van der Waals surface area contributed by atoms with E-state index in [1.165, 1.54) is 19.4 Å². The summed E-state index contributed by atoms with van der Waals surface area (Å²) < 4.78 is 10.9. The van der Waals surface area contributed by atoms with Crippen molar-refractivity contribution in [2.75, 3.05) is 39.3 Å². The standard InChI is InChI=1S/C17H32N2O3/c1-5-21-17(20)15(4)19-8-6-16(7-9-19)12-18-10-13(2)22-14(3)11-18/h13-16H,5-12H2,1-4H3/t13-,14+,15-/m0/s1. The molecule has 0 aliphatic carbocycles. The van der Waals surface area contributed by atoms with Gasteiger partial charge in [0.05, 0.1) is 18.8 Å². The topological polar surface area (TPSA) is 42.0 Å². The Labute approximate surface area is 134 Å². The van der Waals surface area contributed by atoms with E-state index in [9.17, 15) is 4.79 Å². The molecular weight excluding hydrogens is 280 g/mol. The van der Waals surface area contributed by atoms with Crippen LogP contribution in [0.5, 0.6) is 0 Å². The SMILES string of the molecule is CCOC(=O)[C@H](C)N1CCC(CN2C[C@@H](C)O[C@@H](C)C2)CC1. The van der Waals surface area contributed by atoms with Crippen molar-refractivity contribution in [3.8, 4) is 0 Å². The zero-order chi connectivity index (χ0) is 16.1. The van der Waals surface area contributed by atoms with Crippen molar-refractivity contribution >= 4 is 5.97 Å². The van der Waals surface area contributed by atoms with Crippen molar-refractivity contribution in [2.24, 2.45) is 5.92 Å². The van der Waals surface area contributed by atoms with Crippen molar-refractivity contribution in [3.63, 3.8) is 0 Å². The lowest BCUT2D eigenvalue weighted by Gasteiger charge is -2.40. The van der Waals surface area contributed by atoms with Gasteiger partial charge in [-0.3, -0.25) is 14.6 Å². The predicted octanol–water partition coefficient (Wildman–Crippen LogP) is 1.76. The van der Waals surface area contributed by atoms with Gasteiger partial charge in [0.2, 0.25) is 0 Å². The molecule has 0 aromatic rings. The second-order valence-corrected chi connectivity index (χ2v) is 6.88. The Hall–Kier alpha value is -0.650. The van der Waals surface area contributed by atoms with E-state index in [0.717, 1.165) is 32.1 Å². The molecule has 0 aromatic carbocycles. The Balaban J connectivity index is 1.74. The van der Waals surface area contributed by atoms with Crippen molar-refractivity contribution in [3.05, 3.63) is 0 Å². The molecule has 2 rings (SSSR count). The number of nitrogens with zero attached hydrogens (tertiary/aromatic N) is 2. The van der Waals surface area contributed by atoms with Crippen LogP contribution in [0.25, 0.3) is 0 Å². The number of morpholine rings is 1. The van der Waals surface area contributed by atoms with E-state index in [2.05, 4.69) is 23.6 Å². The summed E-state index contributed by atoms with van der Waals surface area (Å²) in [6, 6.07) is -0.107. The van der Waals surface area contributed by atoms with E-state index in [1.54, 1.807) is 0 Å². The van der Waals surface area contributed by atoms with Crippen LogP contribution in [0.15, 0.2) is 0 Å². The number of carbonyl (C=O) groups is 1. The quantitative estimate of drug-likeness (QED) is 0.724. The van der Waals surface area contributed by atoms with Crippen LogP contribution in [0.1, 0.15) is 40.5 Å². The summed E-state index contributed by atoms with van der Waals surface area (Å²) in [6.45, 7) is 13.9. The van der Waals surface area contributed by atoms with E-state index in [0.29, 0.717) is 18.8 Å². The van der Waals surface area contributed by atoms with Crippen LogP contribution < -0.4 is 0 Å². The number of ether oxygens (including phenoxy) is 2. The first-order chi connectivity index (χ1) is 10.5. The van der Waals surface area contributed by atoms with Gasteiger partial charge in [0, 0.05) is 19.6 Å². The fraction of sp³-hybridized carbons (Fsp3) is 0.941.